The van der Waals surface area contributed by atoms with Crippen LogP contribution in [0.25, 0.3) is 0 Å². The summed E-state index contributed by atoms with van der Waals surface area (Å²) in [5.74, 6) is 1.52. The van der Waals surface area contributed by atoms with Gasteiger partial charge in [-0.3, -0.25) is 0 Å². The molecule has 1 aromatic heterocycles. The van der Waals surface area contributed by atoms with E-state index >= 15 is 0 Å². The van der Waals surface area contributed by atoms with Crippen molar-refractivity contribution in [3.8, 4) is 0 Å². The summed E-state index contributed by atoms with van der Waals surface area (Å²) in [6.45, 7) is 6.69. The molecule has 94 valence electrons. The van der Waals surface area contributed by atoms with E-state index in [-0.39, 0.29) is 0 Å². The van der Waals surface area contributed by atoms with Crippen molar-refractivity contribution in [1.82, 2.24) is 4.98 Å². The van der Waals surface area contributed by atoms with Gasteiger partial charge in [0.2, 0.25) is 0 Å². The molecular weight excluding hydrogens is 232 g/mol. The van der Waals surface area contributed by atoms with Crippen molar-refractivity contribution >= 4 is 17.3 Å². The largest absolute Gasteiger partial charge is 0.380 e. The van der Waals surface area contributed by atoms with Crippen LogP contribution in [0.2, 0.25) is 5.15 Å². The highest BCUT2D eigenvalue weighted by Gasteiger charge is 2.25. The minimum atomic E-state index is 0.528. The second-order valence-corrected chi connectivity index (χ2v) is 5.86. The number of pyridine rings is 1. The topological polar surface area (TPSA) is 24.9 Å². The second kappa shape index (κ2) is 5.26. The quantitative estimate of drug-likeness (QED) is 0.795. The molecule has 1 aliphatic rings. The second-order valence-electron chi connectivity index (χ2n) is 5.50. The fourth-order valence-electron chi connectivity index (χ4n) is 2.59. The summed E-state index contributed by atoms with van der Waals surface area (Å²) in [7, 11) is 0. The van der Waals surface area contributed by atoms with Gasteiger partial charge in [0.05, 0.1) is 5.69 Å². The predicted octanol–water partition coefficient (Wildman–Crippen LogP) is 4.28. The first-order chi connectivity index (χ1) is 8.06. The molecule has 0 bridgehead atoms. The van der Waals surface area contributed by atoms with Gasteiger partial charge in [-0.1, -0.05) is 31.9 Å². The van der Waals surface area contributed by atoms with Crippen LogP contribution in [-0.2, 0) is 0 Å². The van der Waals surface area contributed by atoms with Gasteiger partial charge in [0.1, 0.15) is 0 Å². The predicted molar refractivity (Wildman–Crippen MR) is 73.6 cm³/mol. The Balaban J connectivity index is 2.11. The Morgan fingerprint density at radius 2 is 2.12 bits per heavy atom. The Morgan fingerprint density at radius 3 is 2.88 bits per heavy atom. The van der Waals surface area contributed by atoms with Crippen molar-refractivity contribution in [2.75, 3.05) is 5.32 Å². The molecule has 0 radical (unpaired) electrons. The Kier molecular flexibility index (Phi) is 3.93. The van der Waals surface area contributed by atoms with E-state index in [0.717, 1.165) is 17.2 Å². The first kappa shape index (κ1) is 12.7. The average molecular weight is 253 g/mol. The molecule has 1 N–H and O–H groups in total. The molecule has 17 heavy (non-hydrogen) atoms. The van der Waals surface area contributed by atoms with Crippen LogP contribution in [0.1, 0.15) is 38.7 Å². The van der Waals surface area contributed by atoms with Crippen LogP contribution in [0.4, 0.5) is 5.69 Å². The Bertz CT molecular complexity index is 392. The summed E-state index contributed by atoms with van der Waals surface area (Å²) in [5.41, 5.74) is 2.13. The van der Waals surface area contributed by atoms with Gasteiger partial charge in [-0.05, 0) is 43.2 Å². The van der Waals surface area contributed by atoms with E-state index in [9.17, 15) is 0 Å². The summed E-state index contributed by atoms with van der Waals surface area (Å²) in [4.78, 5) is 4.19. The molecule has 0 saturated heterocycles. The summed E-state index contributed by atoms with van der Waals surface area (Å²) in [6.07, 6.45) is 5.68. The molecule has 1 fully saturated rings. The van der Waals surface area contributed by atoms with Crippen LogP contribution in [0.3, 0.4) is 0 Å². The van der Waals surface area contributed by atoms with Crippen LogP contribution >= 0.6 is 11.6 Å². The minimum Gasteiger partial charge on any atom is -0.380 e. The smallest absolute Gasteiger partial charge is 0.152 e. The van der Waals surface area contributed by atoms with Crippen molar-refractivity contribution in [1.29, 1.82) is 0 Å². The van der Waals surface area contributed by atoms with Crippen LogP contribution in [0.15, 0.2) is 12.3 Å². The van der Waals surface area contributed by atoms with E-state index < -0.39 is 0 Å². The van der Waals surface area contributed by atoms with Crippen LogP contribution in [0, 0.1) is 18.8 Å². The van der Waals surface area contributed by atoms with Gasteiger partial charge in [-0.2, -0.15) is 0 Å². The van der Waals surface area contributed by atoms with Gasteiger partial charge in [-0.25, -0.2) is 4.98 Å². The zero-order valence-electron chi connectivity index (χ0n) is 10.8. The molecule has 0 aromatic carbocycles. The molecule has 1 saturated carbocycles. The first-order valence-electron chi connectivity index (χ1n) is 6.45. The minimum absolute atomic E-state index is 0.528. The van der Waals surface area contributed by atoms with Gasteiger partial charge >= 0.3 is 0 Å². The maximum absolute atomic E-state index is 6.13. The number of hydrogen-bond acceptors (Lipinski definition) is 2. The van der Waals surface area contributed by atoms with E-state index in [4.69, 9.17) is 11.6 Å². The zero-order chi connectivity index (χ0) is 12.4. The van der Waals surface area contributed by atoms with Crippen molar-refractivity contribution < 1.29 is 0 Å². The molecule has 3 unspecified atom stereocenters. The third kappa shape index (κ3) is 3.12. The van der Waals surface area contributed by atoms with Crippen molar-refractivity contribution in [2.45, 2.75) is 46.1 Å². The molecule has 0 spiro atoms. The maximum Gasteiger partial charge on any atom is 0.152 e. The lowest BCUT2D eigenvalue weighted by atomic mass is 9.80. The third-order valence-electron chi connectivity index (χ3n) is 3.77. The van der Waals surface area contributed by atoms with E-state index in [0.29, 0.717) is 17.1 Å². The SMILES string of the molecule is Cc1cnc(Cl)c(NC2CC(C)CCC2C)c1. The van der Waals surface area contributed by atoms with Crippen LogP contribution < -0.4 is 5.32 Å². The molecule has 0 amide bonds. The number of hydrogen-bond donors (Lipinski definition) is 1. The Labute approximate surface area is 109 Å². The molecule has 3 heteroatoms. The van der Waals surface area contributed by atoms with E-state index in [2.05, 4.69) is 30.2 Å². The molecule has 1 aromatic rings. The fraction of sp³-hybridized carbons (Fsp3) is 0.643. The highest BCUT2D eigenvalue weighted by molar-refractivity contribution is 6.31. The number of nitrogens with one attached hydrogen (secondary N) is 1. The normalized spacial score (nSPS) is 29.1. The lowest BCUT2D eigenvalue weighted by Crippen LogP contribution is -2.33. The van der Waals surface area contributed by atoms with E-state index in [1.807, 2.05) is 6.92 Å². The summed E-state index contributed by atoms with van der Waals surface area (Å²) in [6, 6.07) is 2.61. The first-order valence-corrected chi connectivity index (χ1v) is 6.82. The summed E-state index contributed by atoms with van der Waals surface area (Å²) < 4.78 is 0. The summed E-state index contributed by atoms with van der Waals surface area (Å²) in [5, 5.41) is 4.16. The van der Waals surface area contributed by atoms with Crippen LogP contribution in [0.5, 0.6) is 0 Å². The third-order valence-corrected chi connectivity index (χ3v) is 4.08. The highest BCUT2D eigenvalue weighted by Crippen LogP contribution is 2.32. The molecule has 2 rings (SSSR count). The van der Waals surface area contributed by atoms with Gasteiger partial charge in [0, 0.05) is 12.2 Å². The number of anilines is 1. The lowest BCUT2D eigenvalue weighted by Gasteiger charge is -2.34. The molecule has 3 atom stereocenters. The standard InChI is InChI=1S/C14H21ClN2/c1-9-4-5-11(3)12(6-9)17-13-7-10(2)8-16-14(13)15/h7-9,11-12,17H,4-6H2,1-3H3. The van der Waals surface area contributed by atoms with Gasteiger partial charge in [0.15, 0.2) is 5.15 Å². The van der Waals surface area contributed by atoms with Crippen molar-refractivity contribution in [3.63, 3.8) is 0 Å². The lowest BCUT2D eigenvalue weighted by molar-refractivity contribution is 0.280. The van der Waals surface area contributed by atoms with Gasteiger partial charge in [-0.15, -0.1) is 0 Å². The van der Waals surface area contributed by atoms with Crippen molar-refractivity contribution in [2.24, 2.45) is 11.8 Å². The summed E-state index contributed by atoms with van der Waals surface area (Å²) >= 11 is 6.13. The van der Waals surface area contributed by atoms with Crippen molar-refractivity contribution in [3.05, 3.63) is 23.0 Å². The fourth-order valence-corrected chi connectivity index (χ4v) is 2.74. The Morgan fingerprint density at radius 1 is 1.35 bits per heavy atom. The highest BCUT2D eigenvalue weighted by atomic mass is 35.5. The molecule has 1 heterocycles. The number of nitrogens with zero attached hydrogens (tertiary/aromatic N) is 1. The Hall–Kier alpha value is -0.760. The number of rotatable bonds is 2. The van der Waals surface area contributed by atoms with Gasteiger partial charge in [0.25, 0.3) is 0 Å². The van der Waals surface area contributed by atoms with E-state index in [1.54, 1.807) is 6.20 Å². The number of halogens is 1. The van der Waals surface area contributed by atoms with Crippen LogP contribution in [-0.4, -0.2) is 11.0 Å². The zero-order valence-corrected chi connectivity index (χ0v) is 11.6. The molecule has 0 aliphatic heterocycles. The number of aryl methyl sites for hydroxylation is 1. The monoisotopic (exact) mass is 252 g/mol. The maximum atomic E-state index is 6.13. The average Bonchev–Trinajstić information content (AvgIpc) is 2.28. The number of aromatic nitrogens is 1. The van der Waals surface area contributed by atoms with E-state index in [1.165, 1.54) is 19.3 Å². The molecule has 1 aliphatic carbocycles. The molecule has 2 nitrogen and oxygen atoms in total. The molecular formula is C14H21ClN2. The van der Waals surface area contributed by atoms with Gasteiger partial charge < -0.3 is 5.32 Å².